The van der Waals surface area contributed by atoms with Gasteiger partial charge in [0.15, 0.2) is 0 Å². The van der Waals surface area contributed by atoms with Crippen molar-refractivity contribution in [1.29, 1.82) is 0 Å². The van der Waals surface area contributed by atoms with Crippen molar-refractivity contribution in [2.24, 2.45) is 0 Å². The summed E-state index contributed by atoms with van der Waals surface area (Å²) in [5, 5.41) is 14.8. The first kappa shape index (κ1) is 32.4. The molecule has 0 aliphatic carbocycles. The number of rotatable bonds is 12. The molecule has 0 saturated heterocycles. The van der Waals surface area contributed by atoms with Gasteiger partial charge in [-0.3, -0.25) is 24.0 Å². The zero-order valence-electron chi connectivity index (χ0n) is 23.9. The van der Waals surface area contributed by atoms with E-state index in [1.165, 1.54) is 55.3 Å². The lowest BCUT2D eigenvalue weighted by atomic mass is 10.1. The summed E-state index contributed by atoms with van der Waals surface area (Å²) in [4.78, 5) is 38.8. The fraction of sp³-hybridized carbons (Fsp3) is 0.310. The number of hydrogen-bond donors (Lipinski definition) is 1. The van der Waals surface area contributed by atoms with E-state index >= 15 is 0 Å². The maximum atomic E-state index is 14.0. The number of methoxy groups -OCH3 is 1. The zero-order valence-corrected chi connectivity index (χ0v) is 25.5. The molecule has 0 aliphatic heterocycles. The Bertz CT molecular complexity index is 1560. The second kappa shape index (κ2) is 13.7. The number of ether oxygens (including phenoxy) is 1. The van der Waals surface area contributed by atoms with Crippen LogP contribution >= 0.6 is 11.6 Å². The summed E-state index contributed by atoms with van der Waals surface area (Å²) in [5.41, 5.74) is 0.657. The molecule has 0 saturated carbocycles. The second-order valence-electron chi connectivity index (χ2n) is 9.91. The highest BCUT2D eigenvalue weighted by Crippen LogP contribution is 2.29. The lowest BCUT2D eigenvalue weighted by Gasteiger charge is -2.32. The Morgan fingerprint density at radius 3 is 2.29 bits per heavy atom. The van der Waals surface area contributed by atoms with Gasteiger partial charge in [-0.15, -0.1) is 0 Å². The van der Waals surface area contributed by atoms with E-state index < -0.39 is 39.3 Å². The molecule has 1 atom stereocenters. The molecule has 0 spiro atoms. The maximum Gasteiger partial charge on any atom is 0.273 e. The number of nitro groups is 1. The van der Waals surface area contributed by atoms with Gasteiger partial charge in [-0.05, 0) is 75.7 Å². The average Bonchev–Trinajstić information content (AvgIpc) is 2.93. The molecule has 0 radical (unpaired) electrons. The molecule has 42 heavy (non-hydrogen) atoms. The molecular formula is C29H33ClN4O7S. The summed E-state index contributed by atoms with van der Waals surface area (Å²) in [5.74, 6) is -0.647. The van der Waals surface area contributed by atoms with Crippen molar-refractivity contribution in [2.75, 3.05) is 18.0 Å². The smallest absolute Gasteiger partial charge is 0.273 e. The Balaban J connectivity index is 2.10. The van der Waals surface area contributed by atoms with Gasteiger partial charge < -0.3 is 15.0 Å². The van der Waals surface area contributed by atoms with Crippen molar-refractivity contribution in [3.05, 3.63) is 93.0 Å². The third kappa shape index (κ3) is 7.77. The Morgan fingerprint density at radius 1 is 1.05 bits per heavy atom. The molecule has 0 unspecified atom stereocenters. The van der Waals surface area contributed by atoms with Crippen LogP contribution < -0.4 is 14.4 Å². The summed E-state index contributed by atoms with van der Waals surface area (Å²) in [6.07, 6.45) is 0. The Morgan fingerprint density at radius 2 is 1.71 bits per heavy atom. The van der Waals surface area contributed by atoms with E-state index in [-0.39, 0.29) is 34.4 Å². The van der Waals surface area contributed by atoms with Crippen molar-refractivity contribution in [1.82, 2.24) is 10.2 Å². The number of sulfonamides is 1. The van der Waals surface area contributed by atoms with Crippen LogP contribution in [0.15, 0.2) is 71.6 Å². The minimum absolute atomic E-state index is 0.0292. The van der Waals surface area contributed by atoms with Gasteiger partial charge in [-0.1, -0.05) is 29.8 Å². The van der Waals surface area contributed by atoms with Gasteiger partial charge >= 0.3 is 0 Å². The van der Waals surface area contributed by atoms with Crippen molar-refractivity contribution < 1.29 is 27.7 Å². The SMILES string of the molecule is COc1ccc(N(CC(=O)N(Cc2cccc(Cl)c2)[C@@H](C)C(=O)NC(C)C)S(=O)(=O)c2ccc(C)c([N+](=O)[O-])c2)cc1. The third-order valence-electron chi connectivity index (χ3n) is 6.44. The van der Waals surface area contributed by atoms with Gasteiger partial charge in [-0.25, -0.2) is 8.42 Å². The topological polar surface area (TPSA) is 139 Å². The van der Waals surface area contributed by atoms with E-state index in [1.807, 2.05) is 0 Å². The Kier molecular flexibility index (Phi) is 10.5. The van der Waals surface area contributed by atoms with Crippen LogP contribution in [0.2, 0.25) is 5.02 Å². The van der Waals surface area contributed by atoms with Crippen LogP contribution in [0.1, 0.15) is 31.9 Å². The predicted octanol–water partition coefficient (Wildman–Crippen LogP) is 4.70. The van der Waals surface area contributed by atoms with Gasteiger partial charge in [-0.2, -0.15) is 0 Å². The highest BCUT2D eigenvalue weighted by molar-refractivity contribution is 7.92. The summed E-state index contributed by atoms with van der Waals surface area (Å²) < 4.78 is 34.0. The van der Waals surface area contributed by atoms with Crippen LogP contribution in [-0.2, 0) is 26.2 Å². The molecular weight excluding hydrogens is 584 g/mol. The Labute approximate surface area is 250 Å². The molecule has 1 N–H and O–H groups in total. The highest BCUT2D eigenvalue weighted by Gasteiger charge is 2.33. The Hall–Kier alpha value is -4.16. The molecule has 0 heterocycles. The molecule has 13 heteroatoms. The largest absolute Gasteiger partial charge is 0.497 e. The molecule has 3 aromatic carbocycles. The van der Waals surface area contributed by atoms with Gasteiger partial charge in [0.25, 0.3) is 15.7 Å². The first-order valence-electron chi connectivity index (χ1n) is 13.0. The van der Waals surface area contributed by atoms with Gasteiger partial charge in [0.1, 0.15) is 18.3 Å². The molecule has 11 nitrogen and oxygen atoms in total. The maximum absolute atomic E-state index is 14.0. The highest BCUT2D eigenvalue weighted by atomic mass is 35.5. The average molecular weight is 617 g/mol. The molecule has 3 aromatic rings. The first-order valence-corrected chi connectivity index (χ1v) is 14.8. The molecule has 0 fully saturated rings. The zero-order chi connectivity index (χ0) is 31.2. The monoisotopic (exact) mass is 616 g/mol. The molecule has 0 aromatic heterocycles. The van der Waals surface area contributed by atoms with Crippen molar-refractivity contribution >= 4 is 44.8 Å². The minimum atomic E-state index is -4.50. The van der Waals surface area contributed by atoms with Crippen LogP contribution in [0.25, 0.3) is 0 Å². The number of benzene rings is 3. The number of nitrogens with one attached hydrogen (secondary N) is 1. The number of aryl methyl sites for hydroxylation is 1. The van der Waals surface area contributed by atoms with Crippen LogP contribution in [0.3, 0.4) is 0 Å². The van der Waals surface area contributed by atoms with E-state index in [2.05, 4.69) is 5.32 Å². The minimum Gasteiger partial charge on any atom is -0.497 e. The number of anilines is 1. The van der Waals surface area contributed by atoms with E-state index in [1.54, 1.807) is 45.0 Å². The van der Waals surface area contributed by atoms with Crippen LogP contribution in [-0.4, -0.2) is 55.8 Å². The van der Waals surface area contributed by atoms with Crippen molar-refractivity contribution in [3.63, 3.8) is 0 Å². The number of carbonyl (C=O) groups excluding carboxylic acids is 2. The van der Waals surface area contributed by atoms with E-state index in [9.17, 15) is 28.1 Å². The van der Waals surface area contributed by atoms with E-state index in [0.717, 1.165) is 10.4 Å². The summed E-state index contributed by atoms with van der Waals surface area (Å²) in [6.45, 7) is 5.89. The fourth-order valence-electron chi connectivity index (χ4n) is 4.17. The summed E-state index contributed by atoms with van der Waals surface area (Å²) in [6, 6.07) is 15.1. The molecule has 0 aliphatic rings. The molecule has 0 bridgehead atoms. The van der Waals surface area contributed by atoms with Crippen molar-refractivity contribution in [3.8, 4) is 5.75 Å². The van der Waals surface area contributed by atoms with E-state index in [0.29, 0.717) is 16.3 Å². The lowest BCUT2D eigenvalue weighted by Crippen LogP contribution is -2.52. The molecule has 3 rings (SSSR count). The number of halogens is 1. The van der Waals surface area contributed by atoms with Gasteiger partial charge in [0, 0.05) is 29.2 Å². The van der Waals surface area contributed by atoms with Crippen molar-refractivity contribution in [2.45, 2.75) is 51.2 Å². The third-order valence-corrected chi connectivity index (χ3v) is 8.45. The normalized spacial score (nSPS) is 12.0. The molecule has 224 valence electrons. The number of hydrogen-bond acceptors (Lipinski definition) is 7. The van der Waals surface area contributed by atoms with Gasteiger partial charge in [0.2, 0.25) is 11.8 Å². The summed E-state index contributed by atoms with van der Waals surface area (Å²) >= 11 is 6.15. The number of carbonyl (C=O) groups is 2. The standard InChI is InChI=1S/C29H33ClN4O7S/c1-19(2)31-29(36)21(4)32(17-22-7-6-8-23(30)15-22)28(35)18-33(24-10-12-25(41-5)13-11-24)42(39,40)26-14-9-20(3)27(16-26)34(37)38/h6-16,19,21H,17-18H2,1-5H3,(H,31,36)/t21-/m0/s1. The predicted molar refractivity (Wildman–Crippen MR) is 160 cm³/mol. The lowest BCUT2D eigenvalue weighted by molar-refractivity contribution is -0.385. The first-order chi connectivity index (χ1) is 19.7. The number of amides is 2. The van der Waals surface area contributed by atoms with Crippen LogP contribution in [0, 0.1) is 17.0 Å². The quantitative estimate of drug-likeness (QED) is 0.230. The number of nitro benzene ring substituents is 1. The fourth-order valence-corrected chi connectivity index (χ4v) is 5.82. The second-order valence-corrected chi connectivity index (χ2v) is 12.2. The van der Waals surface area contributed by atoms with E-state index in [4.69, 9.17) is 16.3 Å². The summed E-state index contributed by atoms with van der Waals surface area (Å²) in [7, 11) is -3.05. The van der Waals surface area contributed by atoms with Crippen LogP contribution in [0.5, 0.6) is 5.75 Å². The molecule has 2 amide bonds. The van der Waals surface area contributed by atoms with Gasteiger partial charge in [0.05, 0.1) is 22.6 Å². The number of nitrogens with zero attached hydrogens (tertiary/aromatic N) is 3. The van der Waals surface area contributed by atoms with Crippen LogP contribution in [0.4, 0.5) is 11.4 Å².